The van der Waals surface area contributed by atoms with Gasteiger partial charge in [-0.3, -0.25) is 4.57 Å². The molecule has 0 bridgehead atoms. The van der Waals surface area contributed by atoms with Crippen molar-refractivity contribution in [2.45, 2.75) is 98.8 Å². The molecule has 0 aromatic carbocycles. The van der Waals surface area contributed by atoms with Gasteiger partial charge in [0.2, 0.25) is 0 Å². The molecule has 0 N–H and O–H groups in total. The summed E-state index contributed by atoms with van der Waals surface area (Å²) in [7, 11) is -2.98. The van der Waals surface area contributed by atoms with Crippen molar-refractivity contribution >= 4 is 43.4 Å². The number of rotatable bonds is 15. The van der Waals surface area contributed by atoms with Crippen LogP contribution in [0.1, 0.15) is 83.1 Å². The van der Waals surface area contributed by atoms with Crippen molar-refractivity contribution in [2.24, 2.45) is 17.8 Å². The Hall–Kier alpha value is 1.16. The van der Waals surface area contributed by atoms with Crippen LogP contribution in [-0.4, -0.2) is 47.6 Å². The molecule has 8 heteroatoms. The van der Waals surface area contributed by atoms with Gasteiger partial charge in [0.25, 0.3) is 0 Å². The summed E-state index contributed by atoms with van der Waals surface area (Å²) < 4.78 is 22.0. The lowest BCUT2D eigenvalue weighted by molar-refractivity contribution is 0.386. The fourth-order valence-electron chi connectivity index (χ4n) is 2.63. The molecule has 0 heterocycles. The van der Waals surface area contributed by atoms with Gasteiger partial charge in [-0.2, -0.15) is 12.2 Å². The molecule has 29 heavy (non-hydrogen) atoms. The van der Waals surface area contributed by atoms with Crippen molar-refractivity contribution in [3.8, 4) is 0 Å². The van der Waals surface area contributed by atoms with Crippen LogP contribution in [0.5, 0.6) is 0 Å². The maximum atomic E-state index is 15.2. The Labute approximate surface area is 196 Å². The van der Waals surface area contributed by atoms with E-state index < -0.39 is 7.59 Å². The van der Waals surface area contributed by atoms with Crippen molar-refractivity contribution in [3.05, 3.63) is 0 Å². The van der Waals surface area contributed by atoms with Crippen molar-refractivity contribution in [1.82, 2.24) is 12.2 Å². The van der Waals surface area contributed by atoms with Gasteiger partial charge < -0.3 is 0 Å². The molecule has 0 atom stereocenters. The first-order valence-corrected chi connectivity index (χ1v) is 15.2. The molecule has 0 saturated carbocycles. The predicted molar refractivity (Wildman–Crippen MR) is 140 cm³/mol. The summed E-state index contributed by atoms with van der Waals surface area (Å²) in [6, 6.07) is 0. The van der Waals surface area contributed by atoms with E-state index >= 15 is 4.57 Å². The van der Waals surface area contributed by atoms with E-state index in [0.717, 1.165) is 19.6 Å². The second-order valence-corrected chi connectivity index (χ2v) is 17.8. The maximum absolute atomic E-state index is 15.2. The number of hydrogen-bond acceptors (Lipinski definition) is 4. The predicted octanol–water partition coefficient (Wildman–Crippen LogP) is 8.14. The maximum Gasteiger partial charge on any atom is 0.315 e. The first-order chi connectivity index (χ1) is 13.2. The van der Waals surface area contributed by atoms with E-state index in [9.17, 15) is 0 Å². The topological polar surface area (TPSA) is 26.8 Å². The summed E-state index contributed by atoms with van der Waals surface area (Å²) in [5.74, 6) is 1.35. The van der Waals surface area contributed by atoms with Gasteiger partial charge in [0.05, 0.1) is 0 Å². The van der Waals surface area contributed by atoms with Crippen LogP contribution < -0.4 is 0 Å². The Balaban J connectivity index is 6.52. The largest absolute Gasteiger partial charge is 0.315 e. The van der Waals surface area contributed by atoms with E-state index in [2.05, 4.69) is 95.3 Å². The Morgan fingerprint density at radius 1 is 0.517 bits per heavy atom. The summed E-state index contributed by atoms with van der Waals surface area (Å²) in [5.41, 5.74) is 0. The Kier molecular flexibility index (Phi) is 14.9. The molecular weight excluding hydrogens is 437 g/mol. The molecule has 0 aliphatic carbocycles. The fourth-order valence-corrected chi connectivity index (χ4v) is 12.7. The van der Waals surface area contributed by atoms with E-state index in [1.807, 2.05) is 0 Å². The van der Waals surface area contributed by atoms with Crippen molar-refractivity contribution in [1.29, 1.82) is 0 Å². The molecule has 0 spiro atoms. The molecule has 0 aromatic heterocycles. The van der Waals surface area contributed by atoms with Crippen LogP contribution in [0.25, 0.3) is 0 Å². The van der Waals surface area contributed by atoms with Crippen molar-refractivity contribution in [2.75, 3.05) is 19.6 Å². The zero-order chi connectivity index (χ0) is 22.9. The molecule has 0 aliphatic rings. The van der Waals surface area contributed by atoms with Gasteiger partial charge in [0.15, 0.2) is 0 Å². The highest BCUT2D eigenvalue weighted by Gasteiger charge is 2.46. The molecule has 0 rings (SSSR count). The highest BCUT2D eigenvalue weighted by atomic mass is 32.2. The number of hydrogen-bond donors (Lipinski definition) is 0. The van der Waals surface area contributed by atoms with Crippen LogP contribution in [0.2, 0.25) is 0 Å². The first kappa shape index (κ1) is 30.2. The van der Waals surface area contributed by atoms with Crippen LogP contribution in [0.3, 0.4) is 0 Å². The highest BCUT2D eigenvalue weighted by Crippen LogP contribution is 2.66. The molecule has 0 unspecified atom stereocenters. The van der Waals surface area contributed by atoms with E-state index in [-0.39, 0.29) is 0 Å². The smallest absolute Gasteiger partial charge is 0.268 e. The normalized spacial score (nSPS) is 13.8. The molecule has 0 aromatic rings. The van der Waals surface area contributed by atoms with Gasteiger partial charge in [-0.1, -0.05) is 119 Å². The second kappa shape index (κ2) is 14.3. The standard InChI is InChI=1S/C21H48N3OPS3/c1-16(2)13-22(27-19(7)8)26(25,23(14-17(3)4)28-20(9)10)24(15-18(5)6)29-21(11)12/h16-21H,13-15H2,1-12H3. The van der Waals surface area contributed by atoms with Crippen LogP contribution in [0.4, 0.5) is 0 Å². The zero-order valence-corrected chi connectivity index (χ0v) is 24.4. The summed E-state index contributed by atoms with van der Waals surface area (Å²) in [4.78, 5) is 0. The molecular formula is C21H48N3OPS3. The molecule has 0 saturated heterocycles. The van der Waals surface area contributed by atoms with Gasteiger partial charge in [0, 0.05) is 35.4 Å². The average molecular weight is 486 g/mol. The quantitative estimate of drug-likeness (QED) is 0.171. The lowest BCUT2D eigenvalue weighted by Gasteiger charge is -2.45. The number of nitrogens with zero attached hydrogens (tertiary/aromatic N) is 3. The van der Waals surface area contributed by atoms with Gasteiger partial charge in [-0.15, -0.1) is 0 Å². The van der Waals surface area contributed by atoms with Crippen LogP contribution in [0, 0.1) is 17.8 Å². The van der Waals surface area contributed by atoms with E-state index in [1.165, 1.54) is 0 Å². The molecule has 0 amide bonds. The van der Waals surface area contributed by atoms with E-state index in [0.29, 0.717) is 33.5 Å². The van der Waals surface area contributed by atoms with E-state index in [4.69, 9.17) is 0 Å². The minimum Gasteiger partial charge on any atom is -0.268 e. The Morgan fingerprint density at radius 3 is 0.862 bits per heavy atom. The summed E-state index contributed by atoms with van der Waals surface area (Å²) in [5, 5.41) is 1.16. The fraction of sp³-hybridized carbons (Fsp3) is 1.00. The summed E-state index contributed by atoms with van der Waals surface area (Å²) in [6.07, 6.45) is 0. The Bertz CT molecular complexity index is 391. The van der Waals surface area contributed by atoms with Gasteiger partial charge in [0.1, 0.15) is 0 Å². The zero-order valence-electron chi connectivity index (χ0n) is 21.0. The monoisotopic (exact) mass is 485 g/mol. The third kappa shape index (κ3) is 11.5. The van der Waals surface area contributed by atoms with Crippen LogP contribution in [-0.2, 0) is 4.57 Å². The Morgan fingerprint density at radius 2 is 0.724 bits per heavy atom. The first-order valence-electron chi connectivity index (χ1n) is 11.1. The minimum absolute atomic E-state index is 0.386. The highest BCUT2D eigenvalue weighted by molar-refractivity contribution is 8.10. The SMILES string of the molecule is CC(C)CN(SC(C)C)P(=O)(N(CC(C)C)SC(C)C)N(CC(C)C)SC(C)C. The lowest BCUT2D eigenvalue weighted by Crippen LogP contribution is -2.38. The third-order valence-corrected chi connectivity index (χ3v) is 10.9. The van der Waals surface area contributed by atoms with Crippen LogP contribution in [0.15, 0.2) is 0 Å². The summed E-state index contributed by atoms with van der Waals surface area (Å²) >= 11 is 5.28. The molecule has 0 radical (unpaired) electrons. The molecule has 176 valence electrons. The molecule has 0 fully saturated rings. The lowest BCUT2D eigenvalue weighted by atomic mass is 10.2. The van der Waals surface area contributed by atoms with Gasteiger partial charge >= 0.3 is 7.59 Å². The van der Waals surface area contributed by atoms with Crippen LogP contribution >= 0.6 is 43.4 Å². The van der Waals surface area contributed by atoms with Gasteiger partial charge in [-0.25, -0.2) is 0 Å². The average Bonchev–Trinajstić information content (AvgIpc) is 2.49. The molecule has 4 nitrogen and oxygen atoms in total. The third-order valence-electron chi connectivity index (χ3n) is 3.43. The van der Waals surface area contributed by atoms with E-state index in [1.54, 1.807) is 35.8 Å². The van der Waals surface area contributed by atoms with Crippen molar-refractivity contribution in [3.63, 3.8) is 0 Å². The minimum atomic E-state index is -2.98. The second-order valence-electron chi connectivity index (χ2n) is 9.76. The molecule has 0 aliphatic heterocycles. The van der Waals surface area contributed by atoms with Crippen molar-refractivity contribution < 1.29 is 4.57 Å². The van der Waals surface area contributed by atoms with Gasteiger partial charge in [-0.05, 0) is 17.8 Å². The summed E-state index contributed by atoms with van der Waals surface area (Å²) in [6.45, 7) is 29.0.